The van der Waals surface area contributed by atoms with Crippen molar-refractivity contribution in [1.29, 1.82) is 0 Å². The van der Waals surface area contributed by atoms with Crippen LogP contribution in [0.5, 0.6) is 0 Å². The highest BCUT2D eigenvalue weighted by Crippen LogP contribution is 2.41. The molecule has 2 aromatic rings. The van der Waals surface area contributed by atoms with Gasteiger partial charge in [-0.05, 0) is 11.6 Å². The maximum Gasteiger partial charge on any atom is 0.410 e. The molecule has 2 aliphatic rings. The number of carbonyl (C=O) groups excluding carboxylic acids is 1. The van der Waals surface area contributed by atoms with Gasteiger partial charge in [-0.15, -0.1) is 0 Å². The monoisotopic (exact) mass is 343 g/mol. The van der Waals surface area contributed by atoms with E-state index < -0.39 is 5.60 Å². The summed E-state index contributed by atoms with van der Waals surface area (Å²) in [5.74, 6) is 0. The van der Waals surface area contributed by atoms with Crippen molar-refractivity contribution in [2.24, 2.45) is 0 Å². The van der Waals surface area contributed by atoms with Crippen molar-refractivity contribution in [1.82, 2.24) is 4.90 Å². The van der Waals surface area contributed by atoms with Crippen LogP contribution in [0.2, 0.25) is 0 Å². The second kappa shape index (κ2) is 6.54. The summed E-state index contributed by atoms with van der Waals surface area (Å²) in [5.41, 5.74) is 0.702. The van der Waals surface area contributed by atoms with Gasteiger partial charge in [0.25, 0.3) is 0 Å². The number of amides is 1. The largest absolute Gasteiger partial charge is 0.472 e. The summed E-state index contributed by atoms with van der Waals surface area (Å²) < 4.78 is 16.2. The molecule has 2 saturated heterocycles. The van der Waals surface area contributed by atoms with Gasteiger partial charge in [0.2, 0.25) is 0 Å². The number of benzene rings is 1. The highest BCUT2D eigenvalue weighted by atomic mass is 16.6. The van der Waals surface area contributed by atoms with Gasteiger partial charge >= 0.3 is 6.09 Å². The normalized spacial score (nSPS) is 28.6. The molecule has 1 aromatic heterocycles. The zero-order valence-corrected chi connectivity index (χ0v) is 13.8. The third kappa shape index (κ3) is 3.15. The number of aliphatic hydroxyl groups is 1. The lowest BCUT2D eigenvalue weighted by Crippen LogP contribution is -2.62. The highest BCUT2D eigenvalue weighted by Gasteiger charge is 2.49. The van der Waals surface area contributed by atoms with Crippen LogP contribution < -0.4 is 0 Å². The molecular formula is C19H21NO5. The van der Waals surface area contributed by atoms with Crippen LogP contribution in [0.4, 0.5) is 4.79 Å². The Morgan fingerprint density at radius 3 is 2.56 bits per heavy atom. The van der Waals surface area contributed by atoms with E-state index in [1.807, 2.05) is 30.3 Å². The van der Waals surface area contributed by atoms with E-state index in [0.717, 1.165) is 11.1 Å². The first-order valence-corrected chi connectivity index (χ1v) is 8.47. The fourth-order valence-electron chi connectivity index (χ4n) is 3.83. The fraction of sp³-hybridized carbons (Fsp3) is 0.421. The van der Waals surface area contributed by atoms with E-state index in [2.05, 4.69) is 0 Å². The molecular weight excluding hydrogens is 322 g/mol. The predicted octanol–water partition coefficient (Wildman–Crippen LogP) is 2.67. The van der Waals surface area contributed by atoms with Gasteiger partial charge in [0.15, 0.2) is 0 Å². The van der Waals surface area contributed by atoms with Crippen molar-refractivity contribution in [3.63, 3.8) is 0 Å². The molecule has 0 radical (unpaired) electrons. The highest BCUT2D eigenvalue weighted by molar-refractivity contribution is 5.69. The number of fused-ring (bicyclic) bond motifs is 2. The standard InChI is InChI=1S/C19H21NO5/c21-18(25-10-14-4-2-1-3-5-14)20-16-8-19(22,15-6-7-23-11-15)9-17(20)13-24-12-16/h1-7,11,16-17,22H,8-10,12-13H2. The molecule has 4 rings (SSSR count). The van der Waals surface area contributed by atoms with E-state index in [9.17, 15) is 9.90 Å². The minimum atomic E-state index is -0.998. The van der Waals surface area contributed by atoms with Crippen LogP contribution >= 0.6 is 0 Å². The Balaban J connectivity index is 1.47. The number of hydrogen-bond donors (Lipinski definition) is 1. The van der Waals surface area contributed by atoms with Gasteiger partial charge in [-0.2, -0.15) is 0 Å². The average Bonchev–Trinajstić information content (AvgIpc) is 3.15. The Labute approximate surface area is 145 Å². The lowest BCUT2D eigenvalue weighted by molar-refractivity contribution is -0.137. The maximum absolute atomic E-state index is 12.6. The fourth-order valence-corrected chi connectivity index (χ4v) is 3.83. The van der Waals surface area contributed by atoms with Gasteiger partial charge in [-0.3, -0.25) is 4.90 Å². The van der Waals surface area contributed by atoms with Crippen molar-refractivity contribution in [3.8, 4) is 0 Å². The van der Waals surface area contributed by atoms with Crippen molar-refractivity contribution in [3.05, 3.63) is 60.1 Å². The molecule has 2 unspecified atom stereocenters. The number of rotatable bonds is 3. The molecule has 0 spiro atoms. The molecule has 2 atom stereocenters. The second-order valence-corrected chi connectivity index (χ2v) is 6.74. The molecule has 2 aliphatic heterocycles. The number of hydrogen-bond acceptors (Lipinski definition) is 5. The lowest BCUT2D eigenvalue weighted by Gasteiger charge is -2.50. The molecule has 1 N–H and O–H groups in total. The molecule has 2 fully saturated rings. The van der Waals surface area contributed by atoms with Crippen LogP contribution in [0.25, 0.3) is 0 Å². The van der Waals surface area contributed by atoms with Crippen LogP contribution in [0.3, 0.4) is 0 Å². The van der Waals surface area contributed by atoms with Crippen molar-refractivity contribution >= 4 is 6.09 Å². The second-order valence-electron chi connectivity index (χ2n) is 6.74. The van der Waals surface area contributed by atoms with Crippen molar-refractivity contribution in [2.75, 3.05) is 13.2 Å². The number of ether oxygens (including phenoxy) is 2. The summed E-state index contributed by atoms with van der Waals surface area (Å²) in [4.78, 5) is 14.4. The van der Waals surface area contributed by atoms with E-state index in [0.29, 0.717) is 26.1 Å². The summed E-state index contributed by atoms with van der Waals surface area (Å²) in [5, 5.41) is 11.1. The minimum Gasteiger partial charge on any atom is -0.472 e. The van der Waals surface area contributed by atoms with E-state index >= 15 is 0 Å². The zero-order valence-electron chi connectivity index (χ0n) is 13.8. The van der Waals surface area contributed by atoms with Crippen molar-refractivity contribution < 1.29 is 23.8 Å². The molecule has 25 heavy (non-hydrogen) atoms. The predicted molar refractivity (Wildman–Crippen MR) is 88.7 cm³/mol. The van der Waals surface area contributed by atoms with E-state index in [1.54, 1.807) is 23.5 Å². The van der Waals surface area contributed by atoms with Gasteiger partial charge in [-0.1, -0.05) is 30.3 Å². The quantitative estimate of drug-likeness (QED) is 0.928. The van der Waals surface area contributed by atoms with Gasteiger partial charge in [-0.25, -0.2) is 4.79 Å². The van der Waals surface area contributed by atoms with E-state index in [-0.39, 0.29) is 24.8 Å². The Bertz CT molecular complexity index is 701. The van der Waals surface area contributed by atoms with Crippen molar-refractivity contribution in [2.45, 2.75) is 37.1 Å². The number of carbonyl (C=O) groups is 1. The van der Waals surface area contributed by atoms with Crippen LogP contribution in [-0.2, 0) is 21.7 Å². The molecule has 1 aromatic carbocycles. The molecule has 1 amide bonds. The summed E-state index contributed by atoms with van der Waals surface area (Å²) in [6.45, 7) is 1.04. The summed E-state index contributed by atoms with van der Waals surface area (Å²) in [6.07, 6.45) is 3.59. The molecule has 0 aliphatic carbocycles. The van der Waals surface area contributed by atoms with Crippen LogP contribution in [0.15, 0.2) is 53.3 Å². The molecule has 6 nitrogen and oxygen atoms in total. The molecule has 132 valence electrons. The minimum absolute atomic E-state index is 0.212. The Kier molecular flexibility index (Phi) is 4.23. The summed E-state index contributed by atoms with van der Waals surface area (Å²) >= 11 is 0. The van der Waals surface area contributed by atoms with Gasteiger partial charge in [0.1, 0.15) is 6.61 Å². The number of nitrogens with zero attached hydrogens (tertiary/aromatic N) is 1. The molecule has 3 heterocycles. The first-order valence-electron chi connectivity index (χ1n) is 8.47. The van der Waals surface area contributed by atoms with Gasteiger partial charge < -0.3 is 19.0 Å². The van der Waals surface area contributed by atoms with Crippen LogP contribution in [-0.4, -0.2) is 41.4 Å². The van der Waals surface area contributed by atoms with Crippen LogP contribution in [0.1, 0.15) is 24.0 Å². The average molecular weight is 343 g/mol. The Morgan fingerprint density at radius 1 is 1.20 bits per heavy atom. The Hall–Kier alpha value is -2.31. The summed E-state index contributed by atoms with van der Waals surface area (Å²) in [6, 6.07) is 11.0. The third-order valence-electron chi connectivity index (χ3n) is 5.03. The Morgan fingerprint density at radius 2 is 1.92 bits per heavy atom. The third-order valence-corrected chi connectivity index (χ3v) is 5.03. The lowest BCUT2D eigenvalue weighted by atomic mass is 9.78. The topological polar surface area (TPSA) is 72.1 Å². The zero-order chi connectivity index (χ0) is 17.3. The molecule has 6 heteroatoms. The molecule has 2 bridgehead atoms. The number of furan rings is 1. The smallest absolute Gasteiger partial charge is 0.410 e. The van der Waals surface area contributed by atoms with Gasteiger partial charge in [0.05, 0.1) is 43.4 Å². The molecule has 0 saturated carbocycles. The van der Waals surface area contributed by atoms with Crippen LogP contribution in [0, 0.1) is 0 Å². The summed E-state index contributed by atoms with van der Waals surface area (Å²) in [7, 11) is 0. The number of piperidine rings is 1. The van der Waals surface area contributed by atoms with Gasteiger partial charge in [0, 0.05) is 18.4 Å². The first kappa shape index (κ1) is 16.2. The SMILES string of the molecule is O=C(OCc1ccccc1)N1C2COCC1CC(O)(c1ccoc1)C2. The first-order chi connectivity index (χ1) is 12.2. The number of morpholine rings is 1. The maximum atomic E-state index is 12.6. The van der Waals surface area contributed by atoms with E-state index in [4.69, 9.17) is 13.9 Å². The van der Waals surface area contributed by atoms with E-state index in [1.165, 1.54) is 0 Å².